The predicted octanol–water partition coefficient (Wildman–Crippen LogP) is 4.92. The third kappa shape index (κ3) is 6.48. The van der Waals surface area contributed by atoms with Crippen molar-refractivity contribution in [2.45, 2.75) is 19.6 Å². The Morgan fingerprint density at radius 3 is 2.39 bits per heavy atom. The molecule has 0 atom stereocenters. The lowest BCUT2D eigenvalue weighted by Crippen LogP contribution is -2.32. The molecule has 6 heteroatoms. The smallest absolute Gasteiger partial charge is 0.254 e. The molecule has 3 aromatic rings. The average molecular weight is 439 g/mol. The van der Waals surface area contributed by atoms with E-state index in [0.29, 0.717) is 54.7 Å². The van der Waals surface area contributed by atoms with Gasteiger partial charge < -0.3 is 20.1 Å². The summed E-state index contributed by atoms with van der Waals surface area (Å²) in [5, 5.41) is 0.666. The van der Waals surface area contributed by atoms with Gasteiger partial charge in [-0.1, -0.05) is 54.1 Å². The van der Waals surface area contributed by atoms with Crippen molar-refractivity contribution in [1.82, 2.24) is 4.90 Å². The first-order valence-electron chi connectivity index (χ1n) is 10.2. The fourth-order valence-corrected chi connectivity index (χ4v) is 3.31. The molecule has 3 aromatic carbocycles. The quantitative estimate of drug-likeness (QED) is 0.488. The van der Waals surface area contributed by atoms with E-state index in [2.05, 4.69) is 0 Å². The van der Waals surface area contributed by atoms with Crippen LogP contribution in [0.3, 0.4) is 0 Å². The summed E-state index contributed by atoms with van der Waals surface area (Å²) in [6, 6.07) is 22.6. The molecule has 31 heavy (non-hydrogen) atoms. The SMILES string of the molecule is COc1cc(C(=O)N(CCCN)Cc2ccc(Cl)cc2)ccc1OCc1ccccc1. The van der Waals surface area contributed by atoms with Gasteiger partial charge in [0, 0.05) is 23.7 Å². The lowest BCUT2D eigenvalue weighted by Gasteiger charge is -2.23. The molecule has 0 radical (unpaired) electrons. The highest BCUT2D eigenvalue weighted by molar-refractivity contribution is 6.30. The zero-order valence-electron chi connectivity index (χ0n) is 17.6. The summed E-state index contributed by atoms with van der Waals surface area (Å²) in [4.78, 5) is 15.0. The van der Waals surface area contributed by atoms with E-state index in [9.17, 15) is 4.79 Å². The van der Waals surface area contributed by atoms with Gasteiger partial charge in [-0.15, -0.1) is 0 Å². The van der Waals surface area contributed by atoms with Crippen LogP contribution < -0.4 is 15.2 Å². The number of benzene rings is 3. The van der Waals surface area contributed by atoms with Crippen molar-refractivity contribution in [1.29, 1.82) is 0 Å². The monoisotopic (exact) mass is 438 g/mol. The number of ether oxygens (including phenoxy) is 2. The Labute approximate surface area is 188 Å². The molecule has 0 fully saturated rings. The van der Waals surface area contributed by atoms with Crippen LogP contribution in [-0.2, 0) is 13.2 Å². The molecule has 2 N–H and O–H groups in total. The zero-order valence-corrected chi connectivity index (χ0v) is 18.3. The number of amides is 1. The number of hydrogen-bond donors (Lipinski definition) is 1. The van der Waals surface area contributed by atoms with E-state index in [4.69, 9.17) is 26.8 Å². The number of carbonyl (C=O) groups is 1. The molecule has 162 valence electrons. The van der Waals surface area contributed by atoms with E-state index < -0.39 is 0 Å². The van der Waals surface area contributed by atoms with Gasteiger partial charge >= 0.3 is 0 Å². The molecule has 0 bridgehead atoms. The van der Waals surface area contributed by atoms with Gasteiger partial charge in [-0.3, -0.25) is 4.79 Å². The van der Waals surface area contributed by atoms with Crippen LogP contribution in [0, 0.1) is 0 Å². The minimum absolute atomic E-state index is 0.0868. The van der Waals surface area contributed by atoms with E-state index in [0.717, 1.165) is 11.1 Å². The fraction of sp³-hybridized carbons (Fsp3) is 0.240. The highest BCUT2D eigenvalue weighted by Gasteiger charge is 2.18. The maximum Gasteiger partial charge on any atom is 0.254 e. The summed E-state index contributed by atoms with van der Waals surface area (Å²) < 4.78 is 11.4. The summed E-state index contributed by atoms with van der Waals surface area (Å²) in [5.41, 5.74) is 8.28. The van der Waals surface area contributed by atoms with Gasteiger partial charge in [-0.05, 0) is 54.4 Å². The summed E-state index contributed by atoms with van der Waals surface area (Å²) in [5.74, 6) is 1.03. The van der Waals surface area contributed by atoms with Crippen molar-refractivity contribution < 1.29 is 14.3 Å². The molecule has 5 nitrogen and oxygen atoms in total. The van der Waals surface area contributed by atoms with Crippen molar-refractivity contribution in [2.24, 2.45) is 5.73 Å². The predicted molar refractivity (Wildman–Crippen MR) is 124 cm³/mol. The van der Waals surface area contributed by atoms with Crippen LogP contribution in [0.1, 0.15) is 27.9 Å². The van der Waals surface area contributed by atoms with Crippen LogP contribution in [0.2, 0.25) is 5.02 Å². The Balaban J connectivity index is 1.75. The number of nitrogens with zero attached hydrogens (tertiary/aromatic N) is 1. The Morgan fingerprint density at radius 2 is 1.71 bits per heavy atom. The van der Waals surface area contributed by atoms with Gasteiger partial charge in [0.25, 0.3) is 5.91 Å². The number of nitrogens with two attached hydrogens (primary N) is 1. The largest absolute Gasteiger partial charge is 0.493 e. The molecule has 0 aliphatic rings. The lowest BCUT2D eigenvalue weighted by molar-refractivity contribution is 0.0742. The van der Waals surface area contributed by atoms with Gasteiger partial charge in [0.05, 0.1) is 7.11 Å². The molecule has 1 amide bonds. The van der Waals surface area contributed by atoms with Crippen LogP contribution >= 0.6 is 11.6 Å². The van der Waals surface area contributed by atoms with E-state index in [1.807, 2.05) is 54.6 Å². The molecular weight excluding hydrogens is 412 g/mol. The minimum Gasteiger partial charge on any atom is -0.493 e. The van der Waals surface area contributed by atoms with Crippen LogP contribution in [0.25, 0.3) is 0 Å². The summed E-state index contributed by atoms with van der Waals surface area (Å²) in [6.45, 7) is 1.97. The van der Waals surface area contributed by atoms with Crippen molar-refractivity contribution in [3.05, 3.63) is 94.5 Å². The summed E-state index contributed by atoms with van der Waals surface area (Å²) in [6.07, 6.45) is 0.717. The van der Waals surface area contributed by atoms with Crippen molar-refractivity contribution in [3.8, 4) is 11.5 Å². The molecule has 0 saturated heterocycles. The minimum atomic E-state index is -0.0868. The van der Waals surface area contributed by atoms with E-state index >= 15 is 0 Å². The average Bonchev–Trinajstić information content (AvgIpc) is 2.81. The van der Waals surface area contributed by atoms with E-state index in [1.165, 1.54) is 0 Å². The second kappa shape index (κ2) is 11.4. The Hall–Kier alpha value is -3.02. The summed E-state index contributed by atoms with van der Waals surface area (Å²) in [7, 11) is 1.57. The highest BCUT2D eigenvalue weighted by atomic mass is 35.5. The normalized spacial score (nSPS) is 10.5. The molecule has 0 heterocycles. The van der Waals surface area contributed by atoms with Gasteiger partial charge in [0.2, 0.25) is 0 Å². The van der Waals surface area contributed by atoms with Gasteiger partial charge in [0.1, 0.15) is 6.61 Å². The Kier molecular flexibility index (Phi) is 8.33. The first-order chi connectivity index (χ1) is 15.1. The molecule has 0 aromatic heterocycles. The number of carbonyl (C=O) groups excluding carboxylic acids is 1. The number of halogens is 1. The van der Waals surface area contributed by atoms with Crippen LogP contribution in [0.15, 0.2) is 72.8 Å². The van der Waals surface area contributed by atoms with Crippen molar-refractivity contribution >= 4 is 17.5 Å². The van der Waals surface area contributed by atoms with Crippen LogP contribution in [0.5, 0.6) is 11.5 Å². The third-order valence-electron chi connectivity index (χ3n) is 4.85. The highest BCUT2D eigenvalue weighted by Crippen LogP contribution is 2.29. The van der Waals surface area contributed by atoms with Gasteiger partial charge in [0.15, 0.2) is 11.5 Å². The van der Waals surface area contributed by atoms with E-state index in [-0.39, 0.29) is 5.91 Å². The van der Waals surface area contributed by atoms with Crippen molar-refractivity contribution in [2.75, 3.05) is 20.2 Å². The second-order valence-electron chi connectivity index (χ2n) is 7.14. The maximum atomic E-state index is 13.2. The Morgan fingerprint density at radius 1 is 0.968 bits per heavy atom. The van der Waals surface area contributed by atoms with Gasteiger partial charge in [-0.25, -0.2) is 0 Å². The topological polar surface area (TPSA) is 64.8 Å². The van der Waals surface area contributed by atoms with E-state index in [1.54, 1.807) is 30.2 Å². The number of methoxy groups -OCH3 is 1. The third-order valence-corrected chi connectivity index (χ3v) is 5.11. The van der Waals surface area contributed by atoms with Crippen molar-refractivity contribution in [3.63, 3.8) is 0 Å². The first kappa shape index (κ1) is 22.7. The van der Waals surface area contributed by atoms with Crippen LogP contribution in [-0.4, -0.2) is 31.0 Å². The molecule has 3 rings (SSSR count). The molecule has 0 unspecified atom stereocenters. The second-order valence-corrected chi connectivity index (χ2v) is 7.57. The number of hydrogen-bond acceptors (Lipinski definition) is 4. The van der Waals surface area contributed by atoms with Crippen LogP contribution in [0.4, 0.5) is 0 Å². The molecule has 0 aliphatic heterocycles. The molecule has 0 spiro atoms. The maximum absolute atomic E-state index is 13.2. The summed E-state index contributed by atoms with van der Waals surface area (Å²) >= 11 is 5.98. The number of rotatable bonds is 10. The molecule has 0 aliphatic carbocycles. The standard InChI is InChI=1S/C25H27ClN2O3/c1-30-24-16-21(10-13-23(24)31-18-20-6-3-2-4-7-20)25(29)28(15-5-14-27)17-19-8-11-22(26)12-9-19/h2-4,6-13,16H,5,14-15,17-18,27H2,1H3. The fourth-order valence-electron chi connectivity index (χ4n) is 3.18. The molecule has 0 saturated carbocycles. The first-order valence-corrected chi connectivity index (χ1v) is 10.6. The van der Waals surface area contributed by atoms with Gasteiger partial charge in [-0.2, -0.15) is 0 Å². The Bertz CT molecular complexity index is 978. The lowest BCUT2D eigenvalue weighted by atomic mass is 10.1. The molecular formula is C25H27ClN2O3. The zero-order chi connectivity index (χ0) is 22.1.